The molecule has 0 aliphatic heterocycles. The Labute approximate surface area is 188 Å². The summed E-state index contributed by atoms with van der Waals surface area (Å²) in [7, 11) is 1.62. The summed E-state index contributed by atoms with van der Waals surface area (Å²) >= 11 is 9.55. The van der Waals surface area contributed by atoms with Crippen molar-refractivity contribution in [2.45, 2.75) is 6.92 Å². The van der Waals surface area contributed by atoms with Crippen LogP contribution in [0.3, 0.4) is 0 Å². The Hall–Kier alpha value is -2.83. The van der Waals surface area contributed by atoms with Gasteiger partial charge in [0.05, 0.1) is 12.8 Å². The van der Waals surface area contributed by atoms with Gasteiger partial charge in [-0.15, -0.1) is 0 Å². The molecule has 0 aliphatic carbocycles. The van der Waals surface area contributed by atoms with Gasteiger partial charge in [0.2, 0.25) is 0 Å². The fourth-order valence-corrected chi connectivity index (χ4v) is 3.13. The Kier molecular flexibility index (Phi) is 7.49. The first kappa shape index (κ1) is 21.9. The fourth-order valence-electron chi connectivity index (χ4n) is 2.58. The minimum Gasteiger partial charge on any atom is -0.497 e. The summed E-state index contributed by atoms with van der Waals surface area (Å²) in [5.74, 6) is 1.03. The topological polar surface area (TPSA) is 59.9 Å². The zero-order chi connectivity index (χ0) is 21.5. The number of rotatable bonds is 7. The summed E-state index contributed by atoms with van der Waals surface area (Å²) in [4.78, 5) is 16.7. The van der Waals surface area contributed by atoms with Crippen molar-refractivity contribution in [2.75, 3.05) is 19.0 Å². The van der Waals surface area contributed by atoms with Gasteiger partial charge in [-0.25, -0.2) is 0 Å². The molecule has 3 aromatic rings. The molecule has 0 saturated heterocycles. The molecule has 3 rings (SSSR count). The van der Waals surface area contributed by atoms with Crippen LogP contribution in [-0.4, -0.2) is 25.8 Å². The molecule has 3 aromatic carbocycles. The van der Waals surface area contributed by atoms with Crippen molar-refractivity contribution in [2.24, 2.45) is 4.99 Å². The second-order valence-corrected chi connectivity index (χ2v) is 7.76. The molecule has 0 radical (unpaired) electrons. The Morgan fingerprint density at radius 3 is 2.60 bits per heavy atom. The van der Waals surface area contributed by atoms with E-state index in [9.17, 15) is 4.79 Å². The van der Waals surface area contributed by atoms with E-state index in [4.69, 9.17) is 21.1 Å². The fraction of sp³-hybridized carbons (Fsp3) is 0.130. The molecule has 7 heteroatoms. The lowest BCUT2D eigenvalue weighted by Crippen LogP contribution is -2.20. The summed E-state index contributed by atoms with van der Waals surface area (Å²) < 4.78 is 11.8. The molecular formula is C23H20BrClN2O3. The van der Waals surface area contributed by atoms with E-state index in [1.807, 2.05) is 49.4 Å². The molecule has 0 unspecified atom stereocenters. The van der Waals surface area contributed by atoms with Gasteiger partial charge in [-0.1, -0.05) is 33.6 Å². The number of ether oxygens (including phenoxy) is 2. The summed E-state index contributed by atoms with van der Waals surface area (Å²) in [5.41, 5.74) is 3.08. The third-order valence-electron chi connectivity index (χ3n) is 4.21. The summed E-state index contributed by atoms with van der Waals surface area (Å²) in [6.45, 7) is 1.76. The third-order valence-corrected chi connectivity index (χ3v) is 5.11. The van der Waals surface area contributed by atoms with Crippen molar-refractivity contribution in [1.82, 2.24) is 0 Å². The average molecular weight is 488 g/mol. The molecule has 0 bridgehead atoms. The third kappa shape index (κ3) is 6.08. The monoisotopic (exact) mass is 486 g/mol. The first-order valence-corrected chi connectivity index (χ1v) is 10.3. The van der Waals surface area contributed by atoms with Crippen LogP contribution < -0.4 is 14.8 Å². The van der Waals surface area contributed by atoms with Gasteiger partial charge in [-0.2, -0.15) is 0 Å². The number of nitrogens with zero attached hydrogens (tertiary/aromatic N) is 1. The number of hydrogen-bond acceptors (Lipinski definition) is 4. The lowest BCUT2D eigenvalue weighted by Gasteiger charge is -2.11. The van der Waals surface area contributed by atoms with E-state index < -0.39 is 0 Å². The maximum absolute atomic E-state index is 12.3. The van der Waals surface area contributed by atoms with Gasteiger partial charge in [0.25, 0.3) is 5.91 Å². The number of benzene rings is 3. The van der Waals surface area contributed by atoms with E-state index in [0.717, 1.165) is 27.0 Å². The summed E-state index contributed by atoms with van der Waals surface area (Å²) in [6.07, 6.45) is 1.69. The van der Waals surface area contributed by atoms with Crippen LogP contribution in [0.4, 0.5) is 11.4 Å². The van der Waals surface area contributed by atoms with E-state index >= 15 is 0 Å². The first-order chi connectivity index (χ1) is 14.4. The van der Waals surface area contributed by atoms with E-state index in [1.54, 1.807) is 31.5 Å². The molecule has 154 valence electrons. The van der Waals surface area contributed by atoms with Crippen LogP contribution in [0.25, 0.3) is 0 Å². The van der Waals surface area contributed by atoms with Gasteiger partial charge < -0.3 is 14.8 Å². The van der Waals surface area contributed by atoms with Crippen molar-refractivity contribution >= 4 is 51.0 Å². The van der Waals surface area contributed by atoms with Crippen molar-refractivity contribution in [1.29, 1.82) is 0 Å². The second-order valence-electron chi connectivity index (χ2n) is 6.44. The molecule has 0 spiro atoms. The molecule has 0 fully saturated rings. The number of amides is 1. The van der Waals surface area contributed by atoms with E-state index in [1.165, 1.54) is 0 Å². The number of aryl methyl sites for hydroxylation is 1. The normalized spacial score (nSPS) is 10.8. The highest BCUT2D eigenvalue weighted by Gasteiger charge is 2.08. The van der Waals surface area contributed by atoms with Crippen LogP contribution in [0, 0.1) is 6.92 Å². The number of hydrogen-bond donors (Lipinski definition) is 1. The standard InChI is InChI=1S/C23H20BrClN2O3/c1-15-3-5-19(12-21(15)25)27-23(28)14-30-22-10-4-17(24)11-16(22)13-26-18-6-8-20(29-2)9-7-18/h3-13H,14H2,1-2H3,(H,27,28). The molecule has 0 heterocycles. The quantitative estimate of drug-likeness (QED) is 0.404. The summed E-state index contributed by atoms with van der Waals surface area (Å²) in [6, 6.07) is 18.3. The van der Waals surface area contributed by atoms with Crippen LogP contribution in [0.1, 0.15) is 11.1 Å². The van der Waals surface area contributed by atoms with Crippen LogP contribution in [0.5, 0.6) is 11.5 Å². The highest BCUT2D eigenvalue weighted by atomic mass is 79.9. The number of methoxy groups -OCH3 is 1. The van der Waals surface area contributed by atoms with Crippen LogP contribution in [0.2, 0.25) is 5.02 Å². The Morgan fingerprint density at radius 2 is 1.90 bits per heavy atom. The highest BCUT2D eigenvalue weighted by molar-refractivity contribution is 9.10. The van der Waals surface area contributed by atoms with E-state index in [-0.39, 0.29) is 12.5 Å². The van der Waals surface area contributed by atoms with Crippen LogP contribution >= 0.6 is 27.5 Å². The molecular weight excluding hydrogens is 468 g/mol. The number of nitrogens with one attached hydrogen (secondary N) is 1. The predicted octanol–water partition coefficient (Wildman–Crippen LogP) is 6.19. The van der Waals surface area contributed by atoms with Gasteiger partial charge in [0.1, 0.15) is 11.5 Å². The van der Waals surface area contributed by atoms with E-state index in [0.29, 0.717) is 16.5 Å². The van der Waals surface area contributed by atoms with Gasteiger partial charge in [-0.3, -0.25) is 9.79 Å². The largest absolute Gasteiger partial charge is 0.497 e. The number of halogens is 2. The number of carbonyl (C=O) groups is 1. The minimum absolute atomic E-state index is 0.142. The molecule has 0 saturated carbocycles. The van der Waals surface area contributed by atoms with Gasteiger partial charge in [0.15, 0.2) is 6.61 Å². The molecule has 0 atom stereocenters. The maximum atomic E-state index is 12.3. The molecule has 1 amide bonds. The minimum atomic E-state index is -0.282. The number of anilines is 1. The Balaban J connectivity index is 1.67. The first-order valence-electron chi connectivity index (χ1n) is 9.11. The van der Waals surface area contributed by atoms with Gasteiger partial charge in [-0.05, 0) is 67.1 Å². The zero-order valence-corrected chi connectivity index (χ0v) is 18.8. The number of aliphatic imine (C=N–C) groups is 1. The number of carbonyl (C=O) groups excluding carboxylic acids is 1. The second kappa shape index (κ2) is 10.3. The molecule has 5 nitrogen and oxygen atoms in total. The predicted molar refractivity (Wildman–Crippen MR) is 125 cm³/mol. The molecule has 0 aromatic heterocycles. The van der Waals surface area contributed by atoms with Crippen molar-refractivity contribution < 1.29 is 14.3 Å². The Morgan fingerprint density at radius 1 is 1.13 bits per heavy atom. The lowest BCUT2D eigenvalue weighted by molar-refractivity contribution is -0.118. The van der Waals surface area contributed by atoms with Crippen molar-refractivity contribution in [3.05, 3.63) is 81.3 Å². The van der Waals surface area contributed by atoms with Crippen molar-refractivity contribution in [3.63, 3.8) is 0 Å². The van der Waals surface area contributed by atoms with Crippen LogP contribution in [-0.2, 0) is 4.79 Å². The SMILES string of the molecule is COc1ccc(N=Cc2cc(Br)ccc2OCC(=O)Nc2ccc(C)c(Cl)c2)cc1. The van der Waals surface area contributed by atoms with Gasteiger partial charge >= 0.3 is 0 Å². The molecule has 0 aliphatic rings. The van der Waals surface area contributed by atoms with E-state index in [2.05, 4.69) is 26.2 Å². The molecule has 30 heavy (non-hydrogen) atoms. The van der Waals surface area contributed by atoms with Crippen LogP contribution in [0.15, 0.2) is 70.1 Å². The zero-order valence-electron chi connectivity index (χ0n) is 16.5. The maximum Gasteiger partial charge on any atom is 0.262 e. The highest BCUT2D eigenvalue weighted by Crippen LogP contribution is 2.24. The van der Waals surface area contributed by atoms with Crippen molar-refractivity contribution in [3.8, 4) is 11.5 Å². The average Bonchev–Trinajstić information content (AvgIpc) is 2.74. The lowest BCUT2D eigenvalue weighted by atomic mass is 10.2. The van der Waals surface area contributed by atoms with Gasteiger partial charge in [0, 0.05) is 27.0 Å². The Bertz CT molecular complexity index is 1070. The summed E-state index contributed by atoms with van der Waals surface area (Å²) in [5, 5.41) is 3.37. The molecule has 1 N–H and O–H groups in total. The smallest absolute Gasteiger partial charge is 0.262 e.